The number of fused-ring (bicyclic) bond motifs is 1. The highest BCUT2D eigenvalue weighted by Gasteiger charge is 2.15. The van der Waals surface area contributed by atoms with Crippen molar-refractivity contribution in [2.75, 3.05) is 36.9 Å². The average Bonchev–Trinajstić information content (AvgIpc) is 2.39. The van der Waals surface area contributed by atoms with Crippen LogP contribution in [0.15, 0.2) is 30.5 Å². The maximum absolute atomic E-state index is 11.8. The van der Waals surface area contributed by atoms with Crippen LogP contribution in [-0.2, 0) is 0 Å². The summed E-state index contributed by atoms with van der Waals surface area (Å²) in [4.78, 5) is 1.82. The molecule has 0 bridgehead atoms. The number of hydrogen-bond acceptors (Lipinski definition) is 5. The van der Waals surface area contributed by atoms with E-state index < -0.39 is 0 Å². The minimum absolute atomic E-state index is 0.0317. The zero-order chi connectivity index (χ0) is 13.8. The van der Waals surface area contributed by atoms with Gasteiger partial charge in [0.15, 0.2) is 6.20 Å². The van der Waals surface area contributed by atoms with Crippen LogP contribution in [0.25, 0.3) is 10.9 Å². The molecule has 1 aromatic heterocycles. The van der Waals surface area contributed by atoms with Gasteiger partial charge in [-0.1, -0.05) is 0 Å². The lowest BCUT2D eigenvalue weighted by atomic mass is 10.1. The average molecular weight is 263 g/mol. The maximum Gasteiger partial charge on any atom is 0.249 e. The highest BCUT2D eigenvalue weighted by atomic mass is 16.5. The van der Waals surface area contributed by atoms with Crippen LogP contribution in [-0.4, -0.2) is 36.5 Å². The Morgan fingerprint density at radius 2 is 1.84 bits per heavy atom. The number of aromatic nitrogens is 1. The van der Waals surface area contributed by atoms with Crippen molar-refractivity contribution in [2.45, 2.75) is 0 Å². The van der Waals surface area contributed by atoms with Gasteiger partial charge in [-0.25, -0.2) is 0 Å². The van der Waals surface area contributed by atoms with Crippen LogP contribution in [0.1, 0.15) is 0 Å². The first-order chi connectivity index (χ1) is 9.19. The first kappa shape index (κ1) is 13.4. The van der Waals surface area contributed by atoms with Crippen molar-refractivity contribution in [3.8, 4) is 0 Å². The molecular formula is C13H17N3O3. The molecule has 0 atom stereocenters. The first-order valence-corrected chi connectivity index (χ1v) is 6.06. The molecule has 0 radical (unpaired) electrons. The molecule has 1 aromatic carbocycles. The topological polar surface area (TPSA) is 96.7 Å². The van der Waals surface area contributed by atoms with Crippen LogP contribution in [0.3, 0.4) is 0 Å². The van der Waals surface area contributed by atoms with Gasteiger partial charge in [0.1, 0.15) is 5.69 Å². The van der Waals surface area contributed by atoms with Crippen molar-refractivity contribution in [3.05, 3.63) is 35.7 Å². The molecule has 2 aromatic rings. The fraction of sp³-hybridized carbons (Fsp3) is 0.308. The van der Waals surface area contributed by atoms with Crippen molar-refractivity contribution in [3.63, 3.8) is 0 Å². The number of nitrogens with zero attached hydrogens (tertiary/aromatic N) is 2. The summed E-state index contributed by atoms with van der Waals surface area (Å²) in [5.74, 6) is 0. The Kier molecular flexibility index (Phi) is 4.03. The number of hydrogen-bond donors (Lipinski definition) is 3. The molecule has 1 heterocycles. The van der Waals surface area contributed by atoms with Gasteiger partial charge in [-0.2, -0.15) is 4.73 Å². The molecule has 4 N–H and O–H groups in total. The number of anilines is 2. The van der Waals surface area contributed by atoms with Crippen molar-refractivity contribution < 1.29 is 14.9 Å². The monoisotopic (exact) mass is 263 g/mol. The molecule has 19 heavy (non-hydrogen) atoms. The van der Waals surface area contributed by atoms with Gasteiger partial charge in [0.25, 0.3) is 0 Å². The minimum Gasteiger partial charge on any atom is -0.618 e. The van der Waals surface area contributed by atoms with Gasteiger partial charge in [-0.3, -0.25) is 0 Å². The minimum atomic E-state index is -0.0317. The van der Waals surface area contributed by atoms with Crippen molar-refractivity contribution in [2.24, 2.45) is 0 Å². The number of pyridine rings is 1. The summed E-state index contributed by atoms with van der Waals surface area (Å²) in [5.41, 5.74) is 7.42. The lowest BCUT2D eigenvalue weighted by molar-refractivity contribution is -0.576. The van der Waals surface area contributed by atoms with E-state index in [1.807, 2.05) is 4.90 Å². The summed E-state index contributed by atoms with van der Waals surface area (Å²) >= 11 is 0. The van der Waals surface area contributed by atoms with Crippen LogP contribution in [0.4, 0.5) is 11.4 Å². The van der Waals surface area contributed by atoms with Gasteiger partial charge in [-0.05, 0) is 18.2 Å². The van der Waals surface area contributed by atoms with E-state index in [1.165, 1.54) is 6.20 Å². The van der Waals surface area contributed by atoms with Gasteiger partial charge >= 0.3 is 0 Å². The lowest BCUT2D eigenvalue weighted by Gasteiger charge is -2.24. The molecule has 0 fully saturated rings. The van der Waals surface area contributed by atoms with Crippen LogP contribution >= 0.6 is 0 Å². The highest BCUT2D eigenvalue weighted by Crippen LogP contribution is 2.28. The number of aliphatic hydroxyl groups excluding tert-OH is 2. The van der Waals surface area contributed by atoms with Crippen molar-refractivity contribution in [1.82, 2.24) is 0 Å². The Bertz CT molecular complexity index is 560. The normalized spacial score (nSPS) is 10.8. The van der Waals surface area contributed by atoms with Gasteiger partial charge < -0.3 is 26.1 Å². The van der Waals surface area contributed by atoms with Crippen LogP contribution in [0, 0.1) is 5.21 Å². The Labute approximate surface area is 110 Å². The van der Waals surface area contributed by atoms with Crippen LogP contribution in [0.5, 0.6) is 0 Å². The molecule has 0 spiro atoms. The van der Waals surface area contributed by atoms with Crippen LogP contribution in [0.2, 0.25) is 0 Å². The predicted molar refractivity (Wildman–Crippen MR) is 73.7 cm³/mol. The molecule has 0 saturated carbocycles. The molecule has 0 amide bonds. The number of aliphatic hydroxyl groups is 2. The fourth-order valence-corrected chi connectivity index (χ4v) is 2.19. The quantitative estimate of drug-likeness (QED) is 0.396. The molecule has 0 aliphatic carbocycles. The first-order valence-electron chi connectivity index (χ1n) is 6.06. The van der Waals surface area contributed by atoms with Gasteiger partial charge in [0.05, 0.1) is 24.3 Å². The molecule has 0 unspecified atom stereocenters. The Morgan fingerprint density at radius 1 is 1.16 bits per heavy atom. The standard InChI is InChI=1S/C13H17N3O3/c14-11-3-4-12(15(6-8-17)7-9-18)10-2-1-5-16(19)13(10)11/h1-5,17-18H,6-9,14H2. The van der Waals surface area contributed by atoms with E-state index in [9.17, 15) is 5.21 Å². The Balaban J connectivity index is 2.60. The summed E-state index contributed by atoms with van der Waals surface area (Å²) in [6.07, 6.45) is 1.39. The molecule has 102 valence electrons. The third-order valence-corrected chi connectivity index (χ3v) is 3.01. The summed E-state index contributed by atoms with van der Waals surface area (Å²) < 4.78 is 0.726. The number of benzene rings is 1. The summed E-state index contributed by atoms with van der Waals surface area (Å²) in [7, 11) is 0. The van der Waals surface area contributed by atoms with Gasteiger partial charge in [-0.15, -0.1) is 0 Å². The summed E-state index contributed by atoms with van der Waals surface area (Å²) in [5, 5.41) is 30.7. The third kappa shape index (κ3) is 2.54. The van der Waals surface area contributed by atoms with E-state index >= 15 is 0 Å². The van der Waals surface area contributed by atoms with E-state index in [0.717, 1.165) is 10.4 Å². The second kappa shape index (κ2) is 5.73. The summed E-state index contributed by atoms with van der Waals surface area (Å²) in [6, 6.07) is 6.91. The zero-order valence-electron chi connectivity index (χ0n) is 10.5. The zero-order valence-corrected chi connectivity index (χ0v) is 10.5. The largest absolute Gasteiger partial charge is 0.618 e. The lowest BCUT2D eigenvalue weighted by Crippen LogP contribution is -2.31. The molecule has 6 heteroatoms. The number of nitrogens with two attached hydrogens (primary N) is 1. The van der Waals surface area contributed by atoms with E-state index in [1.54, 1.807) is 24.3 Å². The molecular weight excluding hydrogens is 246 g/mol. The van der Waals surface area contributed by atoms with E-state index in [0.29, 0.717) is 29.7 Å². The number of nitrogen functional groups attached to an aromatic ring is 1. The molecule has 0 aliphatic rings. The SMILES string of the molecule is Nc1ccc(N(CCO)CCO)c2ccc[n+]([O-])c12. The van der Waals surface area contributed by atoms with Crippen molar-refractivity contribution in [1.29, 1.82) is 0 Å². The van der Waals surface area contributed by atoms with Crippen LogP contribution < -0.4 is 15.4 Å². The smallest absolute Gasteiger partial charge is 0.249 e. The fourth-order valence-electron chi connectivity index (χ4n) is 2.19. The predicted octanol–water partition coefficient (Wildman–Crippen LogP) is -0.154. The second-order valence-electron chi connectivity index (χ2n) is 4.20. The van der Waals surface area contributed by atoms with E-state index in [4.69, 9.17) is 15.9 Å². The Morgan fingerprint density at radius 3 is 2.47 bits per heavy atom. The second-order valence-corrected chi connectivity index (χ2v) is 4.20. The van der Waals surface area contributed by atoms with Crippen molar-refractivity contribution >= 4 is 22.3 Å². The highest BCUT2D eigenvalue weighted by molar-refractivity contribution is 5.96. The molecule has 6 nitrogen and oxygen atoms in total. The van der Waals surface area contributed by atoms with E-state index in [-0.39, 0.29) is 13.2 Å². The third-order valence-electron chi connectivity index (χ3n) is 3.01. The molecule has 0 aliphatic heterocycles. The number of rotatable bonds is 5. The molecule has 0 saturated heterocycles. The summed E-state index contributed by atoms with van der Waals surface area (Å²) in [6.45, 7) is 0.701. The van der Waals surface area contributed by atoms with E-state index in [2.05, 4.69) is 0 Å². The maximum atomic E-state index is 11.8. The molecule has 2 rings (SSSR count). The van der Waals surface area contributed by atoms with Gasteiger partial charge in [0.2, 0.25) is 5.52 Å². The Hall–Kier alpha value is -2.05. The van der Waals surface area contributed by atoms with Gasteiger partial charge in [0, 0.05) is 19.2 Å².